The maximum absolute atomic E-state index is 15.0. The Bertz CT molecular complexity index is 1050. The van der Waals surface area contributed by atoms with Gasteiger partial charge in [0.05, 0.1) is 31.9 Å². The minimum atomic E-state index is -0.874. The fraction of sp³-hybridized carbons (Fsp3) is 0.474. The molecule has 34 heavy (non-hydrogen) atoms. The predicted octanol–water partition coefficient (Wildman–Crippen LogP) is -0.307. The standard InChI is InChI=1S/C19H22F2N8O5/c1-12(30)22-8-14-9-28(19(32)34-14)13-6-15(20)18(16(21)7-13)26-2-3-29(33-5-4-26)17(31)10-27-11-23-24-25-27/h6-7,11,14H,2-5,8-10H2,1H3,(H,22,30)/t14-/m0/s1. The Morgan fingerprint density at radius 1 is 1.21 bits per heavy atom. The summed E-state index contributed by atoms with van der Waals surface area (Å²) < 4.78 is 36.4. The van der Waals surface area contributed by atoms with Gasteiger partial charge in [-0.25, -0.2) is 23.3 Å². The topological polar surface area (TPSA) is 135 Å². The van der Waals surface area contributed by atoms with Gasteiger partial charge in [0.15, 0.2) is 11.6 Å². The van der Waals surface area contributed by atoms with Gasteiger partial charge in [0.2, 0.25) is 5.91 Å². The van der Waals surface area contributed by atoms with E-state index in [-0.39, 0.29) is 63.2 Å². The number of aromatic nitrogens is 4. The summed E-state index contributed by atoms with van der Waals surface area (Å²) in [5.41, 5.74) is -0.289. The average molecular weight is 480 g/mol. The summed E-state index contributed by atoms with van der Waals surface area (Å²) in [6, 6.07) is 2.10. The van der Waals surface area contributed by atoms with Crippen molar-refractivity contribution in [3.05, 3.63) is 30.1 Å². The second-order valence-corrected chi connectivity index (χ2v) is 7.64. The lowest BCUT2D eigenvalue weighted by Crippen LogP contribution is -2.37. The van der Waals surface area contributed by atoms with Gasteiger partial charge in [-0.2, -0.15) is 0 Å². The van der Waals surface area contributed by atoms with Crippen molar-refractivity contribution in [2.75, 3.05) is 49.1 Å². The largest absolute Gasteiger partial charge is 0.442 e. The van der Waals surface area contributed by atoms with Gasteiger partial charge in [-0.3, -0.25) is 19.3 Å². The highest BCUT2D eigenvalue weighted by atomic mass is 19.1. The van der Waals surface area contributed by atoms with Crippen molar-refractivity contribution in [2.45, 2.75) is 19.6 Å². The number of rotatable bonds is 6. The summed E-state index contributed by atoms with van der Waals surface area (Å²) in [5.74, 6) is -2.44. The second-order valence-electron chi connectivity index (χ2n) is 7.64. The first kappa shape index (κ1) is 23.3. The number of hydrogen-bond acceptors (Lipinski definition) is 9. The van der Waals surface area contributed by atoms with E-state index in [0.29, 0.717) is 0 Å². The third-order valence-electron chi connectivity index (χ3n) is 5.23. The SMILES string of the molecule is CC(=O)NC[C@H]1CN(c2cc(F)c(N3CCON(C(=O)Cn4cnnn4)CC3)c(F)c2)C(=O)O1. The van der Waals surface area contributed by atoms with E-state index in [9.17, 15) is 14.4 Å². The van der Waals surface area contributed by atoms with Crippen LogP contribution in [0.1, 0.15) is 6.92 Å². The molecule has 1 aromatic carbocycles. The smallest absolute Gasteiger partial charge is 0.414 e. The Kier molecular flexibility index (Phi) is 6.81. The van der Waals surface area contributed by atoms with Gasteiger partial charge in [0.25, 0.3) is 5.91 Å². The highest BCUT2D eigenvalue weighted by Crippen LogP contribution is 2.31. The first-order chi connectivity index (χ1) is 16.3. The number of cyclic esters (lactones) is 1. The lowest BCUT2D eigenvalue weighted by atomic mass is 10.2. The lowest BCUT2D eigenvalue weighted by molar-refractivity contribution is -0.182. The monoisotopic (exact) mass is 480 g/mol. The molecule has 182 valence electrons. The van der Waals surface area contributed by atoms with Crippen molar-refractivity contribution < 1.29 is 32.7 Å². The van der Waals surface area contributed by atoms with Crippen LogP contribution in [0.4, 0.5) is 25.0 Å². The van der Waals surface area contributed by atoms with E-state index in [1.165, 1.54) is 22.8 Å². The van der Waals surface area contributed by atoms with Crippen LogP contribution in [0.3, 0.4) is 0 Å². The number of hydroxylamine groups is 2. The molecule has 2 saturated heterocycles. The van der Waals surface area contributed by atoms with Gasteiger partial charge in [-0.05, 0) is 10.4 Å². The van der Waals surface area contributed by atoms with Gasteiger partial charge in [0.1, 0.15) is 24.7 Å². The maximum Gasteiger partial charge on any atom is 0.414 e. The number of nitrogens with one attached hydrogen (secondary N) is 1. The highest BCUT2D eigenvalue weighted by Gasteiger charge is 2.34. The molecule has 2 fully saturated rings. The van der Waals surface area contributed by atoms with Gasteiger partial charge in [-0.15, -0.1) is 5.10 Å². The molecule has 2 aliphatic heterocycles. The first-order valence-corrected chi connectivity index (χ1v) is 10.4. The summed E-state index contributed by atoms with van der Waals surface area (Å²) >= 11 is 0. The van der Waals surface area contributed by atoms with E-state index in [2.05, 4.69) is 20.8 Å². The number of benzene rings is 1. The number of carbonyl (C=O) groups is 3. The van der Waals surface area contributed by atoms with Crippen molar-refractivity contribution in [1.82, 2.24) is 30.6 Å². The molecule has 0 aliphatic carbocycles. The van der Waals surface area contributed by atoms with Crippen LogP contribution in [0.25, 0.3) is 0 Å². The summed E-state index contributed by atoms with van der Waals surface area (Å²) in [6.07, 6.45) is -0.115. The molecule has 2 aliphatic rings. The van der Waals surface area contributed by atoms with Gasteiger partial charge in [0, 0.05) is 32.1 Å². The number of nitrogens with zero attached hydrogens (tertiary/aromatic N) is 7. The fourth-order valence-electron chi connectivity index (χ4n) is 3.65. The zero-order valence-corrected chi connectivity index (χ0v) is 18.2. The van der Waals surface area contributed by atoms with Crippen molar-refractivity contribution in [3.63, 3.8) is 0 Å². The van der Waals surface area contributed by atoms with E-state index in [0.717, 1.165) is 22.1 Å². The molecule has 1 N–H and O–H groups in total. The average Bonchev–Trinajstić information content (AvgIpc) is 3.35. The number of hydrogen-bond donors (Lipinski definition) is 1. The van der Waals surface area contributed by atoms with Gasteiger partial charge < -0.3 is 15.0 Å². The number of amides is 3. The molecule has 1 aromatic heterocycles. The van der Waals surface area contributed by atoms with Crippen molar-refractivity contribution in [1.29, 1.82) is 0 Å². The van der Waals surface area contributed by atoms with Crippen LogP contribution in [0, 0.1) is 11.6 Å². The van der Waals surface area contributed by atoms with Crippen LogP contribution in [0.2, 0.25) is 0 Å². The molecule has 4 rings (SSSR count). The number of carbonyl (C=O) groups excluding carboxylic acids is 3. The first-order valence-electron chi connectivity index (χ1n) is 10.4. The molecular weight excluding hydrogens is 458 g/mol. The molecule has 3 amide bonds. The molecule has 0 bridgehead atoms. The minimum Gasteiger partial charge on any atom is -0.442 e. The van der Waals surface area contributed by atoms with Crippen molar-refractivity contribution in [3.8, 4) is 0 Å². The van der Waals surface area contributed by atoms with E-state index in [1.807, 2.05) is 0 Å². The maximum atomic E-state index is 15.0. The second kappa shape index (κ2) is 9.94. The third kappa shape index (κ3) is 5.19. The zero-order chi connectivity index (χ0) is 24.2. The van der Waals surface area contributed by atoms with Crippen LogP contribution in [0.15, 0.2) is 18.5 Å². The van der Waals surface area contributed by atoms with Crippen molar-refractivity contribution >= 4 is 29.3 Å². The number of halogens is 2. The number of tetrazole rings is 1. The molecular formula is C19H22F2N8O5. The highest BCUT2D eigenvalue weighted by molar-refractivity contribution is 5.90. The molecule has 15 heteroatoms. The summed E-state index contributed by atoms with van der Waals surface area (Å²) in [5, 5.41) is 14.2. The van der Waals surface area contributed by atoms with Crippen LogP contribution in [-0.2, 0) is 25.7 Å². The van der Waals surface area contributed by atoms with Crippen molar-refractivity contribution in [2.24, 2.45) is 0 Å². The number of anilines is 2. The van der Waals surface area contributed by atoms with E-state index >= 15 is 8.78 Å². The Labute approximate surface area is 192 Å². The Hall–Kier alpha value is -3.88. The predicted molar refractivity (Wildman–Crippen MR) is 110 cm³/mol. The van der Waals surface area contributed by atoms with Crippen LogP contribution in [0.5, 0.6) is 0 Å². The van der Waals surface area contributed by atoms with E-state index in [4.69, 9.17) is 9.57 Å². The molecule has 0 spiro atoms. The summed E-state index contributed by atoms with van der Waals surface area (Å²) in [4.78, 5) is 43.6. The minimum absolute atomic E-state index is 0.00149. The van der Waals surface area contributed by atoms with Gasteiger partial charge >= 0.3 is 6.09 Å². The number of ether oxygens (including phenoxy) is 1. The molecule has 13 nitrogen and oxygen atoms in total. The molecule has 0 saturated carbocycles. The quantitative estimate of drug-likeness (QED) is 0.591. The molecule has 1 atom stereocenters. The summed E-state index contributed by atoms with van der Waals surface area (Å²) in [7, 11) is 0. The lowest BCUT2D eigenvalue weighted by Gasteiger charge is -2.24. The van der Waals surface area contributed by atoms with Crippen LogP contribution < -0.4 is 15.1 Å². The Balaban J connectivity index is 1.42. The normalized spacial score (nSPS) is 18.6. The third-order valence-corrected chi connectivity index (χ3v) is 5.23. The Morgan fingerprint density at radius 3 is 2.65 bits per heavy atom. The van der Waals surface area contributed by atoms with Gasteiger partial charge in [-0.1, -0.05) is 0 Å². The fourth-order valence-corrected chi connectivity index (χ4v) is 3.65. The zero-order valence-electron chi connectivity index (χ0n) is 18.2. The Morgan fingerprint density at radius 2 is 1.97 bits per heavy atom. The molecule has 0 unspecified atom stereocenters. The van der Waals surface area contributed by atoms with Crippen LogP contribution in [-0.4, -0.2) is 88.6 Å². The van der Waals surface area contributed by atoms with E-state index < -0.39 is 29.7 Å². The molecule has 0 radical (unpaired) electrons. The van der Waals surface area contributed by atoms with Crippen LogP contribution >= 0.6 is 0 Å². The molecule has 3 heterocycles. The molecule has 2 aromatic rings. The van der Waals surface area contributed by atoms with E-state index in [1.54, 1.807) is 0 Å². The summed E-state index contributed by atoms with van der Waals surface area (Å²) in [6.45, 7) is 1.64.